The van der Waals surface area contributed by atoms with Gasteiger partial charge in [-0.05, 0) is 48.6 Å². The molecule has 3 aromatic carbocycles. The Labute approximate surface area is 225 Å². The van der Waals surface area contributed by atoms with Gasteiger partial charge >= 0.3 is 0 Å². The number of aromatic nitrogens is 3. The summed E-state index contributed by atoms with van der Waals surface area (Å²) in [5.41, 5.74) is 10.7. The number of carbonyl (C=O) groups is 1. The molecule has 5 rings (SSSR count). The van der Waals surface area contributed by atoms with Crippen molar-refractivity contribution >= 4 is 17.2 Å². The normalized spacial score (nSPS) is 11.4. The molecule has 192 valence electrons. The first-order valence-electron chi connectivity index (χ1n) is 12.4. The van der Waals surface area contributed by atoms with Crippen LogP contribution in [0.15, 0.2) is 94.7 Å². The lowest BCUT2D eigenvalue weighted by Crippen LogP contribution is -2.41. The number of hydrogen-bond donors (Lipinski definition) is 2. The van der Waals surface area contributed by atoms with Crippen LogP contribution in [0.3, 0.4) is 0 Å². The third-order valence-electron chi connectivity index (χ3n) is 6.23. The van der Waals surface area contributed by atoms with Crippen molar-refractivity contribution in [2.45, 2.75) is 38.3 Å². The van der Waals surface area contributed by atoms with Crippen LogP contribution >= 0.6 is 11.3 Å². The van der Waals surface area contributed by atoms with E-state index >= 15 is 0 Å². The minimum Gasteiger partial charge on any atom is -0.423 e. The number of carbonyl (C=O) groups excluding carboxylic acids is 1. The van der Waals surface area contributed by atoms with Gasteiger partial charge in [0.05, 0.1) is 13.0 Å². The topological polar surface area (TPSA) is 107 Å². The van der Waals surface area contributed by atoms with Crippen LogP contribution in [0.1, 0.15) is 49.5 Å². The summed E-state index contributed by atoms with van der Waals surface area (Å²) < 4.78 is 6.15. The number of nitrogens with one attached hydrogen (secondary N) is 1. The monoisotopic (exact) mass is 523 g/mol. The zero-order valence-corrected chi connectivity index (χ0v) is 21.9. The fourth-order valence-corrected chi connectivity index (χ4v) is 5.11. The molecule has 5 aromatic rings. The van der Waals surface area contributed by atoms with Crippen molar-refractivity contribution in [2.24, 2.45) is 5.73 Å². The summed E-state index contributed by atoms with van der Waals surface area (Å²) in [4.78, 5) is 17.1. The molecule has 0 saturated carbocycles. The van der Waals surface area contributed by atoms with Gasteiger partial charge in [-0.15, -0.1) is 21.5 Å². The van der Waals surface area contributed by atoms with Crippen LogP contribution in [0.5, 0.6) is 0 Å². The molecule has 0 bridgehead atoms. The summed E-state index contributed by atoms with van der Waals surface area (Å²) >= 11 is 1.53. The largest absolute Gasteiger partial charge is 0.423 e. The molecule has 0 fully saturated rings. The quantitative estimate of drug-likeness (QED) is 0.267. The van der Waals surface area contributed by atoms with E-state index in [1.807, 2.05) is 66.9 Å². The number of nitrogens with two attached hydrogens (primary N) is 1. The fraction of sp³-hybridized carbons (Fsp3) is 0.200. The number of hydrogen-bond acceptors (Lipinski definition) is 7. The van der Waals surface area contributed by atoms with E-state index in [-0.39, 0.29) is 5.91 Å². The molecule has 1 amide bonds. The molecule has 0 atom stereocenters. The molecule has 7 nitrogen and oxygen atoms in total. The lowest BCUT2D eigenvalue weighted by atomic mass is 9.85. The molecular weight excluding hydrogens is 494 g/mol. The standard InChI is InChI=1S/C30H29N5O2S/c1-21-20-38-27(33-21)19-32-28(36)25-14-8-13-24(15-25)16-26-34-35-29(37-26)30(31,17-22-9-4-2-5-10-22)18-23-11-6-3-7-12-23/h2-15,20H,16-19,31H2,1H3,(H,32,36). The second kappa shape index (κ2) is 11.5. The van der Waals surface area contributed by atoms with Gasteiger partial charge in [0.15, 0.2) is 0 Å². The van der Waals surface area contributed by atoms with Gasteiger partial charge in [-0.25, -0.2) is 4.98 Å². The maximum atomic E-state index is 12.7. The minimum atomic E-state index is -0.871. The Morgan fingerprint density at radius 3 is 2.21 bits per heavy atom. The van der Waals surface area contributed by atoms with Gasteiger partial charge in [0.25, 0.3) is 5.91 Å². The Morgan fingerprint density at radius 1 is 0.921 bits per heavy atom. The number of rotatable bonds is 10. The van der Waals surface area contributed by atoms with E-state index in [9.17, 15) is 4.79 Å². The van der Waals surface area contributed by atoms with E-state index in [1.54, 1.807) is 6.07 Å². The van der Waals surface area contributed by atoms with E-state index in [4.69, 9.17) is 10.2 Å². The highest BCUT2D eigenvalue weighted by atomic mass is 32.1. The van der Waals surface area contributed by atoms with Gasteiger partial charge in [0.2, 0.25) is 11.8 Å². The zero-order valence-electron chi connectivity index (χ0n) is 21.1. The molecule has 0 saturated heterocycles. The van der Waals surface area contributed by atoms with Crippen molar-refractivity contribution in [1.29, 1.82) is 0 Å². The molecule has 2 heterocycles. The molecule has 3 N–H and O–H groups in total. The molecule has 0 aliphatic heterocycles. The van der Waals surface area contributed by atoms with E-state index in [1.165, 1.54) is 11.3 Å². The Kier molecular flexibility index (Phi) is 7.72. The van der Waals surface area contributed by atoms with Gasteiger partial charge in [-0.3, -0.25) is 4.79 Å². The fourth-order valence-electron chi connectivity index (χ4n) is 4.40. The molecule has 0 unspecified atom stereocenters. The molecule has 0 aliphatic carbocycles. The van der Waals surface area contributed by atoms with Crippen LogP contribution in [0.25, 0.3) is 0 Å². The SMILES string of the molecule is Cc1csc(CNC(=O)c2cccc(Cc3nnc(C(N)(Cc4ccccc4)Cc4ccccc4)o3)c2)n1. The molecule has 0 aliphatic rings. The zero-order chi connectivity index (χ0) is 26.4. The van der Waals surface area contributed by atoms with Crippen molar-refractivity contribution in [1.82, 2.24) is 20.5 Å². The highest BCUT2D eigenvalue weighted by Crippen LogP contribution is 2.27. The molecule has 0 radical (unpaired) electrons. The average molecular weight is 524 g/mol. The van der Waals surface area contributed by atoms with Crippen molar-refractivity contribution in [3.8, 4) is 0 Å². The molecule has 8 heteroatoms. The van der Waals surface area contributed by atoms with Gasteiger partial charge < -0.3 is 15.5 Å². The van der Waals surface area contributed by atoms with Crippen LogP contribution in [-0.2, 0) is 31.3 Å². The minimum absolute atomic E-state index is 0.155. The summed E-state index contributed by atoms with van der Waals surface area (Å²) in [7, 11) is 0. The molecule has 38 heavy (non-hydrogen) atoms. The van der Waals surface area contributed by atoms with Crippen LogP contribution in [0, 0.1) is 6.92 Å². The van der Waals surface area contributed by atoms with E-state index in [0.29, 0.717) is 43.2 Å². The summed E-state index contributed by atoms with van der Waals surface area (Å²) in [5, 5.41) is 14.5. The highest BCUT2D eigenvalue weighted by Gasteiger charge is 2.34. The molecular formula is C30H29N5O2S. The Balaban J connectivity index is 1.31. The number of thiazole rings is 1. The third-order valence-corrected chi connectivity index (χ3v) is 7.20. The first-order valence-corrected chi connectivity index (χ1v) is 13.3. The van der Waals surface area contributed by atoms with Crippen LogP contribution in [0.4, 0.5) is 0 Å². The highest BCUT2D eigenvalue weighted by molar-refractivity contribution is 7.09. The van der Waals surface area contributed by atoms with Crippen LogP contribution < -0.4 is 11.1 Å². The Morgan fingerprint density at radius 2 is 1.58 bits per heavy atom. The first kappa shape index (κ1) is 25.5. The van der Waals surface area contributed by atoms with E-state index in [2.05, 4.69) is 44.8 Å². The number of amides is 1. The maximum Gasteiger partial charge on any atom is 0.251 e. The lowest BCUT2D eigenvalue weighted by molar-refractivity contribution is 0.0950. The summed E-state index contributed by atoms with van der Waals surface area (Å²) in [5.74, 6) is 0.692. The van der Waals surface area contributed by atoms with Gasteiger partial charge in [0.1, 0.15) is 10.5 Å². The van der Waals surface area contributed by atoms with Gasteiger partial charge in [-0.2, -0.15) is 0 Å². The van der Waals surface area contributed by atoms with Crippen molar-refractivity contribution < 1.29 is 9.21 Å². The molecule has 0 spiro atoms. The number of benzene rings is 3. The third kappa shape index (κ3) is 6.40. The number of aryl methyl sites for hydroxylation is 1. The van der Waals surface area contributed by atoms with Crippen molar-refractivity contribution in [2.75, 3.05) is 0 Å². The Hall–Kier alpha value is -4.14. The van der Waals surface area contributed by atoms with Crippen molar-refractivity contribution in [3.63, 3.8) is 0 Å². The summed E-state index contributed by atoms with van der Waals surface area (Å²) in [6, 6.07) is 27.6. The second-order valence-electron chi connectivity index (χ2n) is 9.42. The maximum absolute atomic E-state index is 12.7. The Bertz CT molecular complexity index is 1460. The summed E-state index contributed by atoms with van der Waals surface area (Å²) in [6.45, 7) is 2.34. The van der Waals surface area contributed by atoms with E-state index < -0.39 is 5.54 Å². The lowest BCUT2D eigenvalue weighted by Gasteiger charge is -2.26. The van der Waals surface area contributed by atoms with Crippen LogP contribution in [-0.4, -0.2) is 21.1 Å². The predicted molar refractivity (Wildman–Crippen MR) is 148 cm³/mol. The van der Waals surface area contributed by atoms with Gasteiger partial charge in [-0.1, -0.05) is 72.8 Å². The van der Waals surface area contributed by atoms with Crippen molar-refractivity contribution in [3.05, 3.63) is 135 Å². The first-order chi connectivity index (χ1) is 18.5. The smallest absolute Gasteiger partial charge is 0.251 e. The van der Waals surface area contributed by atoms with Gasteiger partial charge in [0, 0.05) is 16.6 Å². The predicted octanol–water partition coefficient (Wildman–Crippen LogP) is 4.99. The van der Waals surface area contributed by atoms with Crippen LogP contribution in [0.2, 0.25) is 0 Å². The number of nitrogens with zero attached hydrogens (tertiary/aromatic N) is 3. The second-order valence-corrected chi connectivity index (χ2v) is 10.4. The molecule has 2 aromatic heterocycles. The summed E-state index contributed by atoms with van der Waals surface area (Å²) in [6.07, 6.45) is 1.50. The van der Waals surface area contributed by atoms with E-state index in [0.717, 1.165) is 27.4 Å². The average Bonchev–Trinajstić information content (AvgIpc) is 3.58.